The van der Waals surface area contributed by atoms with Crippen LogP contribution < -0.4 is 10.4 Å². The van der Waals surface area contributed by atoms with Gasteiger partial charge in [-0.05, 0) is 34.3 Å². The van der Waals surface area contributed by atoms with Crippen LogP contribution in [0, 0.1) is 0 Å². The fraction of sp³-hybridized carbons (Fsp3) is 0.235. The monoisotopic (exact) mass is 744 g/mol. The molecule has 276 valence electrons. The van der Waals surface area contributed by atoms with Gasteiger partial charge in [0.2, 0.25) is 5.95 Å². The number of nitrogens with zero attached hydrogens (tertiary/aromatic N) is 4. The highest BCUT2D eigenvalue weighted by molar-refractivity contribution is 7.04. The molecule has 0 aliphatic heterocycles. The first kappa shape index (κ1) is 34.8. The van der Waals surface area contributed by atoms with E-state index in [1.165, 1.54) is 86.1 Å². The summed E-state index contributed by atoms with van der Waals surface area (Å²) in [6.45, 7) is 0. The Labute approximate surface area is 331 Å². The van der Waals surface area contributed by atoms with Crippen LogP contribution in [-0.4, -0.2) is 27.6 Å². The maximum Gasteiger partial charge on any atom is 0.238 e. The van der Waals surface area contributed by atoms with Gasteiger partial charge in [0.1, 0.15) is 8.07 Å². The molecule has 2 heterocycles. The maximum absolute atomic E-state index is 5.40. The summed E-state index contributed by atoms with van der Waals surface area (Å²) in [5, 5.41) is 5.56. The highest BCUT2D eigenvalue weighted by Crippen LogP contribution is 2.48. The third kappa shape index (κ3) is 6.19. The molecule has 2 saturated carbocycles. The van der Waals surface area contributed by atoms with Crippen LogP contribution in [0.3, 0.4) is 0 Å². The molecule has 0 spiro atoms. The molecular weight excluding hydrogens is 697 g/mol. The summed E-state index contributed by atoms with van der Waals surface area (Å²) < 4.78 is 2.23. The first-order chi connectivity index (χ1) is 27.8. The van der Waals surface area contributed by atoms with Crippen molar-refractivity contribution in [2.45, 2.75) is 75.3 Å². The highest BCUT2D eigenvalue weighted by Gasteiger charge is 2.50. The van der Waals surface area contributed by atoms with Crippen LogP contribution in [0.5, 0.6) is 0 Å². The van der Waals surface area contributed by atoms with Gasteiger partial charge in [-0.2, -0.15) is 9.97 Å². The van der Waals surface area contributed by atoms with E-state index in [0.29, 0.717) is 22.9 Å². The number of rotatable bonds is 8. The van der Waals surface area contributed by atoms with Gasteiger partial charge < -0.3 is 0 Å². The zero-order chi connectivity index (χ0) is 37.3. The lowest BCUT2D eigenvalue weighted by Gasteiger charge is -2.49. The van der Waals surface area contributed by atoms with E-state index < -0.39 is 8.07 Å². The first-order valence-corrected chi connectivity index (χ1v) is 23.0. The van der Waals surface area contributed by atoms with Crippen molar-refractivity contribution >= 4 is 40.3 Å². The minimum absolute atomic E-state index is 0.648. The predicted molar refractivity (Wildman–Crippen MR) is 236 cm³/mol. The maximum atomic E-state index is 5.40. The van der Waals surface area contributed by atoms with Crippen molar-refractivity contribution in [2.24, 2.45) is 0 Å². The molecule has 0 saturated heterocycles. The van der Waals surface area contributed by atoms with Crippen molar-refractivity contribution < 1.29 is 0 Å². The number of para-hydroxylation sites is 2. The molecule has 0 radical (unpaired) electrons. The Morgan fingerprint density at radius 3 is 1.41 bits per heavy atom. The van der Waals surface area contributed by atoms with Crippen molar-refractivity contribution in [3.63, 3.8) is 0 Å². The molecular formula is C51H48N4Si. The lowest BCUT2D eigenvalue weighted by molar-refractivity contribution is 0.459. The molecule has 2 aliphatic carbocycles. The lowest BCUT2D eigenvalue weighted by Crippen LogP contribution is -2.65. The predicted octanol–water partition coefficient (Wildman–Crippen LogP) is 12.2. The SMILES string of the molecule is c1ccc(-c2cccc([Si](c3cccc(-c4nc(-c5ccccc5)nc(-n5c6ccccc6c6ccccc65)n4)c3)(C3CCCCC3)C3CCCCC3)c2)cc1. The lowest BCUT2D eigenvalue weighted by atomic mass is 9.99. The van der Waals surface area contributed by atoms with Crippen LogP contribution >= 0.6 is 0 Å². The van der Waals surface area contributed by atoms with E-state index in [0.717, 1.165) is 28.0 Å². The van der Waals surface area contributed by atoms with Gasteiger partial charge in [0.25, 0.3) is 0 Å². The van der Waals surface area contributed by atoms with Gasteiger partial charge in [0.05, 0.1) is 11.0 Å². The minimum Gasteiger partial charge on any atom is -0.278 e. The average molecular weight is 745 g/mol. The van der Waals surface area contributed by atoms with Crippen molar-refractivity contribution in [3.05, 3.63) is 158 Å². The molecule has 4 nitrogen and oxygen atoms in total. The van der Waals surface area contributed by atoms with E-state index in [9.17, 15) is 0 Å². The molecule has 10 rings (SSSR count). The fourth-order valence-corrected chi connectivity index (χ4v) is 17.6. The number of fused-ring (bicyclic) bond motifs is 3. The summed E-state index contributed by atoms with van der Waals surface area (Å²) in [4.78, 5) is 15.9. The number of aromatic nitrogens is 4. The number of hydrogen-bond acceptors (Lipinski definition) is 3. The van der Waals surface area contributed by atoms with Crippen molar-refractivity contribution in [2.75, 3.05) is 0 Å². The van der Waals surface area contributed by atoms with Crippen LogP contribution in [0.15, 0.2) is 158 Å². The zero-order valence-electron chi connectivity index (χ0n) is 32.0. The first-order valence-electron chi connectivity index (χ1n) is 20.8. The third-order valence-corrected chi connectivity index (χ3v) is 19.2. The summed E-state index contributed by atoms with van der Waals surface area (Å²) >= 11 is 0. The molecule has 2 aliphatic rings. The van der Waals surface area contributed by atoms with E-state index in [-0.39, 0.29) is 0 Å². The summed E-state index contributed by atoms with van der Waals surface area (Å²) in [5.74, 6) is 2.07. The molecule has 0 unspecified atom stereocenters. The molecule has 0 atom stereocenters. The van der Waals surface area contributed by atoms with Crippen LogP contribution in [0.1, 0.15) is 64.2 Å². The standard InChI is InChI=1S/C51H48N4Si/c1-5-19-37(20-6-1)39-23-17-29-43(35-39)56(41-25-9-3-10-26-41,42-27-11-4-12-28-42)44-30-18-24-40(36-44)50-52-49(38-21-7-2-8-22-38)53-51(54-50)55-47-33-15-13-31-45(47)46-32-14-16-34-48(46)55/h1-2,5-8,13-24,29-36,41-42H,3-4,9-12,25-28H2. The quantitative estimate of drug-likeness (QED) is 0.146. The number of hydrogen-bond donors (Lipinski definition) is 0. The Hall–Kier alpha value is -5.65. The van der Waals surface area contributed by atoms with Crippen LogP contribution in [-0.2, 0) is 0 Å². The smallest absolute Gasteiger partial charge is 0.238 e. The summed E-state index contributed by atoms with van der Waals surface area (Å²) in [6, 6.07) is 58.0. The summed E-state index contributed by atoms with van der Waals surface area (Å²) in [7, 11) is -2.37. The van der Waals surface area contributed by atoms with Crippen LogP contribution in [0.2, 0.25) is 11.1 Å². The zero-order valence-corrected chi connectivity index (χ0v) is 33.0. The van der Waals surface area contributed by atoms with Gasteiger partial charge in [-0.1, -0.05) is 220 Å². The van der Waals surface area contributed by atoms with E-state index >= 15 is 0 Å². The second-order valence-electron chi connectivity index (χ2n) is 16.1. The third-order valence-electron chi connectivity index (χ3n) is 13.0. The number of benzene rings is 6. The van der Waals surface area contributed by atoms with E-state index in [4.69, 9.17) is 15.0 Å². The van der Waals surface area contributed by atoms with E-state index in [1.54, 1.807) is 10.4 Å². The molecule has 5 heteroatoms. The summed E-state index contributed by atoms with van der Waals surface area (Å²) in [5.41, 5.74) is 8.29. The molecule has 8 aromatic rings. The van der Waals surface area contributed by atoms with Crippen molar-refractivity contribution in [1.82, 2.24) is 19.5 Å². The van der Waals surface area contributed by atoms with E-state index in [1.807, 2.05) is 0 Å². The van der Waals surface area contributed by atoms with Gasteiger partial charge in [-0.25, -0.2) is 4.98 Å². The molecule has 0 N–H and O–H groups in total. The fourth-order valence-electron chi connectivity index (χ4n) is 10.5. The van der Waals surface area contributed by atoms with Crippen molar-refractivity contribution in [1.29, 1.82) is 0 Å². The van der Waals surface area contributed by atoms with Crippen LogP contribution in [0.4, 0.5) is 0 Å². The summed E-state index contributed by atoms with van der Waals surface area (Å²) in [6.07, 6.45) is 13.3. The Morgan fingerprint density at radius 2 is 0.839 bits per heavy atom. The molecule has 56 heavy (non-hydrogen) atoms. The molecule has 6 aromatic carbocycles. The second-order valence-corrected chi connectivity index (χ2v) is 20.6. The normalized spacial score (nSPS) is 15.7. The van der Waals surface area contributed by atoms with Gasteiger partial charge in [-0.3, -0.25) is 4.57 Å². The van der Waals surface area contributed by atoms with Crippen molar-refractivity contribution in [3.8, 4) is 39.9 Å². The van der Waals surface area contributed by atoms with Gasteiger partial charge >= 0.3 is 0 Å². The Kier molecular flexibility index (Phi) is 9.40. The Balaban J connectivity index is 1.20. The molecule has 0 bridgehead atoms. The van der Waals surface area contributed by atoms with Crippen LogP contribution in [0.25, 0.3) is 61.7 Å². The molecule has 2 fully saturated rings. The molecule has 0 amide bonds. The van der Waals surface area contributed by atoms with E-state index in [2.05, 4.69) is 162 Å². The Morgan fingerprint density at radius 1 is 0.393 bits per heavy atom. The topological polar surface area (TPSA) is 43.6 Å². The highest BCUT2D eigenvalue weighted by atomic mass is 28.3. The molecule has 2 aromatic heterocycles. The van der Waals surface area contributed by atoms with Gasteiger partial charge in [0.15, 0.2) is 11.6 Å². The van der Waals surface area contributed by atoms with Gasteiger partial charge in [0, 0.05) is 21.9 Å². The largest absolute Gasteiger partial charge is 0.278 e. The minimum atomic E-state index is -2.37. The average Bonchev–Trinajstić information content (AvgIpc) is 3.63. The second kappa shape index (κ2) is 15.1. The Bertz CT molecular complexity index is 2550. The van der Waals surface area contributed by atoms with Gasteiger partial charge in [-0.15, -0.1) is 0 Å².